The van der Waals surface area contributed by atoms with Gasteiger partial charge in [-0.1, -0.05) is 13.8 Å². The van der Waals surface area contributed by atoms with Crippen LogP contribution in [0.3, 0.4) is 0 Å². The summed E-state index contributed by atoms with van der Waals surface area (Å²) in [6, 6.07) is 4.18. The van der Waals surface area contributed by atoms with E-state index in [0.29, 0.717) is 5.95 Å². The molecule has 2 aromatic rings. The number of hydrogen-bond donors (Lipinski definition) is 2. The highest BCUT2D eigenvalue weighted by atomic mass is 32.1. The Labute approximate surface area is 124 Å². The molecule has 0 atom stereocenters. The lowest BCUT2D eigenvalue weighted by Gasteiger charge is -2.09. The van der Waals surface area contributed by atoms with Gasteiger partial charge in [0.15, 0.2) is 0 Å². The maximum atomic E-state index is 4.50. The molecular formula is C15H22N4S. The number of hydrogen-bond acceptors (Lipinski definition) is 5. The van der Waals surface area contributed by atoms with Gasteiger partial charge in [0.25, 0.3) is 0 Å². The summed E-state index contributed by atoms with van der Waals surface area (Å²) in [4.78, 5) is 10.3. The van der Waals surface area contributed by atoms with E-state index in [1.165, 1.54) is 10.4 Å². The fourth-order valence-electron chi connectivity index (χ4n) is 1.98. The van der Waals surface area contributed by atoms with Crippen LogP contribution < -0.4 is 10.6 Å². The molecule has 0 unspecified atom stereocenters. The van der Waals surface area contributed by atoms with Gasteiger partial charge < -0.3 is 10.6 Å². The minimum Gasteiger partial charge on any atom is -0.365 e. The van der Waals surface area contributed by atoms with Crippen molar-refractivity contribution in [3.05, 3.63) is 33.6 Å². The van der Waals surface area contributed by atoms with E-state index in [4.69, 9.17) is 0 Å². The van der Waals surface area contributed by atoms with E-state index in [1.807, 2.05) is 13.0 Å². The number of anilines is 2. The summed E-state index contributed by atoms with van der Waals surface area (Å²) in [6.45, 7) is 8.03. The molecule has 0 aliphatic rings. The highest BCUT2D eigenvalue weighted by Crippen LogP contribution is 2.19. The van der Waals surface area contributed by atoms with Crippen LogP contribution in [-0.2, 0) is 13.0 Å². The van der Waals surface area contributed by atoms with Crippen LogP contribution in [0.1, 0.15) is 36.4 Å². The van der Waals surface area contributed by atoms with Gasteiger partial charge in [-0.3, -0.25) is 0 Å². The fourth-order valence-corrected chi connectivity index (χ4v) is 2.90. The van der Waals surface area contributed by atoms with Crippen molar-refractivity contribution in [2.24, 2.45) is 0 Å². The van der Waals surface area contributed by atoms with Crippen molar-refractivity contribution in [1.82, 2.24) is 9.97 Å². The zero-order chi connectivity index (χ0) is 14.4. The van der Waals surface area contributed by atoms with Crippen molar-refractivity contribution < 1.29 is 0 Å². The standard InChI is InChI=1S/C15H22N4S/c1-4-7-16-15-18-11(3)9-14(19-15)17-10-13-12(5-2)6-8-20-13/h6,8-9H,4-5,7,10H2,1-3H3,(H2,16,17,18,19). The Hall–Kier alpha value is -1.62. The topological polar surface area (TPSA) is 49.8 Å². The monoisotopic (exact) mass is 290 g/mol. The maximum absolute atomic E-state index is 4.50. The summed E-state index contributed by atoms with van der Waals surface area (Å²) >= 11 is 1.79. The van der Waals surface area contributed by atoms with E-state index in [0.717, 1.165) is 37.4 Å². The molecule has 0 saturated heterocycles. The maximum Gasteiger partial charge on any atom is 0.224 e. The molecule has 0 spiro atoms. The SMILES string of the molecule is CCCNc1nc(C)cc(NCc2sccc2CC)n1. The van der Waals surface area contributed by atoms with E-state index in [-0.39, 0.29) is 0 Å². The first-order valence-electron chi connectivity index (χ1n) is 7.11. The molecule has 2 N–H and O–H groups in total. The quantitative estimate of drug-likeness (QED) is 0.813. The van der Waals surface area contributed by atoms with Crippen LogP contribution in [0.25, 0.3) is 0 Å². The van der Waals surface area contributed by atoms with Crippen LogP contribution in [-0.4, -0.2) is 16.5 Å². The van der Waals surface area contributed by atoms with E-state index in [2.05, 4.69) is 45.9 Å². The summed E-state index contributed by atoms with van der Waals surface area (Å²) in [6.07, 6.45) is 2.14. The number of nitrogens with zero attached hydrogens (tertiary/aromatic N) is 2. The summed E-state index contributed by atoms with van der Waals surface area (Å²) in [5.41, 5.74) is 2.39. The van der Waals surface area contributed by atoms with Gasteiger partial charge in [0.05, 0.1) is 6.54 Å². The summed E-state index contributed by atoms with van der Waals surface area (Å²) < 4.78 is 0. The zero-order valence-corrected chi connectivity index (χ0v) is 13.2. The number of aryl methyl sites for hydroxylation is 2. The molecule has 108 valence electrons. The Balaban J connectivity index is 2.03. The molecule has 5 heteroatoms. The molecule has 0 fully saturated rings. The molecule has 0 radical (unpaired) electrons. The zero-order valence-electron chi connectivity index (χ0n) is 12.4. The van der Waals surface area contributed by atoms with Crippen LogP contribution in [0.5, 0.6) is 0 Å². The van der Waals surface area contributed by atoms with Crippen molar-refractivity contribution in [3.8, 4) is 0 Å². The van der Waals surface area contributed by atoms with Crippen molar-refractivity contribution in [2.45, 2.75) is 40.2 Å². The lowest BCUT2D eigenvalue weighted by atomic mass is 10.2. The van der Waals surface area contributed by atoms with Gasteiger partial charge in [-0.25, -0.2) is 4.98 Å². The Kier molecular flexibility index (Phi) is 5.35. The number of thiophene rings is 1. The Bertz CT molecular complexity index is 551. The highest BCUT2D eigenvalue weighted by molar-refractivity contribution is 7.10. The van der Waals surface area contributed by atoms with Crippen LogP contribution >= 0.6 is 11.3 Å². The van der Waals surface area contributed by atoms with Gasteiger partial charge in [0, 0.05) is 23.2 Å². The van der Waals surface area contributed by atoms with Gasteiger partial charge in [-0.15, -0.1) is 11.3 Å². The molecule has 0 bridgehead atoms. The normalized spacial score (nSPS) is 10.6. The first-order chi connectivity index (χ1) is 9.72. The summed E-state index contributed by atoms with van der Waals surface area (Å²) in [7, 11) is 0. The van der Waals surface area contributed by atoms with E-state index in [9.17, 15) is 0 Å². The van der Waals surface area contributed by atoms with Gasteiger partial charge >= 0.3 is 0 Å². The molecule has 0 amide bonds. The van der Waals surface area contributed by atoms with Gasteiger partial charge in [-0.05, 0) is 36.8 Å². The first-order valence-corrected chi connectivity index (χ1v) is 7.99. The predicted molar refractivity (Wildman–Crippen MR) is 86.6 cm³/mol. The molecule has 0 aromatic carbocycles. The molecule has 4 nitrogen and oxygen atoms in total. The van der Waals surface area contributed by atoms with Crippen molar-refractivity contribution in [3.63, 3.8) is 0 Å². The third-order valence-corrected chi connectivity index (χ3v) is 4.00. The van der Waals surface area contributed by atoms with E-state index >= 15 is 0 Å². The van der Waals surface area contributed by atoms with Crippen molar-refractivity contribution in [2.75, 3.05) is 17.2 Å². The number of rotatable bonds is 7. The summed E-state index contributed by atoms with van der Waals surface area (Å²) in [5, 5.41) is 8.78. The smallest absolute Gasteiger partial charge is 0.224 e. The number of nitrogens with one attached hydrogen (secondary N) is 2. The first kappa shape index (κ1) is 14.8. The Morgan fingerprint density at radius 3 is 2.80 bits per heavy atom. The van der Waals surface area contributed by atoms with Gasteiger partial charge in [0.1, 0.15) is 5.82 Å². The average molecular weight is 290 g/mol. The fraction of sp³-hybridized carbons (Fsp3) is 0.467. The molecule has 0 saturated carbocycles. The van der Waals surface area contributed by atoms with E-state index < -0.39 is 0 Å². The molecule has 0 aliphatic heterocycles. The third-order valence-electron chi connectivity index (χ3n) is 3.04. The molecule has 2 rings (SSSR count). The van der Waals surface area contributed by atoms with Gasteiger partial charge in [0.2, 0.25) is 5.95 Å². The van der Waals surface area contributed by atoms with Crippen LogP contribution in [0.2, 0.25) is 0 Å². The predicted octanol–water partition coefficient (Wildman–Crippen LogP) is 3.84. The average Bonchev–Trinajstić information content (AvgIpc) is 2.90. The second-order valence-corrected chi connectivity index (χ2v) is 5.72. The molecule has 0 aliphatic carbocycles. The molecule has 2 heterocycles. The minimum absolute atomic E-state index is 0.705. The van der Waals surface area contributed by atoms with Crippen LogP contribution in [0.4, 0.5) is 11.8 Å². The van der Waals surface area contributed by atoms with Crippen molar-refractivity contribution >= 4 is 23.1 Å². The number of aromatic nitrogens is 2. The van der Waals surface area contributed by atoms with Crippen LogP contribution in [0, 0.1) is 6.92 Å². The third kappa shape index (κ3) is 3.93. The lowest BCUT2D eigenvalue weighted by molar-refractivity contribution is 0.943. The van der Waals surface area contributed by atoms with Gasteiger partial charge in [-0.2, -0.15) is 4.98 Å². The second-order valence-electron chi connectivity index (χ2n) is 4.72. The Morgan fingerprint density at radius 2 is 2.05 bits per heavy atom. The largest absolute Gasteiger partial charge is 0.365 e. The second kappa shape index (κ2) is 7.24. The lowest BCUT2D eigenvalue weighted by Crippen LogP contribution is -2.08. The molecule has 2 aromatic heterocycles. The molecular weight excluding hydrogens is 268 g/mol. The summed E-state index contributed by atoms with van der Waals surface area (Å²) in [5.74, 6) is 1.59. The minimum atomic E-state index is 0.705. The van der Waals surface area contributed by atoms with Crippen LogP contribution in [0.15, 0.2) is 17.5 Å². The van der Waals surface area contributed by atoms with Crippen molar-refractivity contribution in [1.29, 1.82) is 0 Å². The Morgan fingerprint density at radius 1 is 1.20 bits per heavy atom. The molecule has 20 heavy (non-hydrogen) atoms. The van der Waals surface area contributed by atoms with E-state index in [1.54, 1.807) is 11.3 Å². The highest BCUT2D eigenvalue weighted by Gasteiger charge is 2.05.